The molecule has 1 saturated carbocycles. The second-order valence-corrected chi connectivity index (χ2v) is 7.89. The zero-order valence-corrected chi connectivity index (χ0v) is 16.4. The smallest absolute Gasteiger partial charge is 0.339 e. The van der Waals surface area contributed by atoms with Gasteiger partial charge in [-0.15, -0.1) is 5.10 Å². The molecule has 31 heavy (non-hydrogen) atoms. The van der Waals surface area contributed by atoms with Crippen LogP contribution in [0.15, 0.2) is 55.0 Å². The molecule has 2 N–H and O–H groups in total. The van der Waals surface area contributed by atoms with Gasteiger partial charge in [0.05, 0.1) is 5.56 Å². The van der Waals surface area contributed by atoms with E-state index < -0.39 is 28.9 Å². The minimum absolute atomic E-state index is 0.106. The highest BCUT2D eigenvalue weighted by Gasteiger charge is 2.53. The van der Waals surface area contributed by atoms with E-state index in [1.165, 1.54) is 29.2 Å². The molecule has 1 aromatic carbocycles. The van der Waals surface area contributed by atoms with Gasteiger partial charge in [0.2, 0.25) is 0 Å². The highest BCUT2D eigenvalue weighted by atomic mass is 19.1. The molecule has 2 aliphatic rings. The van der Waals surface area contributed by atoms with Crippen LogP contribution in [0.3, 0.4) is 0 Å². The molecule has 0 radical (unpaired) electrons. The van der Waals surface area contributed by atoms with Gasteiger partial charge in [0.15, 0.2) is 5.82 Å². The number of halogens is 1. The molecule has 158 valence electrons. The second kappa shape index (κ2) is 6.98. The van der Waals surface area contributed by atoms with Crippen molar-refractivity contribution >= 4 is 17.7 Å². The number of esters is 1. The molecule has 1 fully saturated rings. The Bertz CT molecular complexity index is 1180. The summed E-state index contributed by atoms with van der Waals surface area (Å²) in [5.41, 5.74) is -1.07. The van der Waals surface area contributed by atoms with Gasteiger partial charge in [0.1, 0.15) is 22.7 Å². The van der Waals surface area contributed by atoms with Crippen LogP contribution in [-0.4, -0.2) is 37.3 Å². The lowest BCUT2D eigenvalue weighted by Crippen LogP contribution is -2.49. The average molecular weight is 422 g/mol. The largest absolute Gasteiger partial charge is 0.450 e. The van der Waals surface area contributed by atoms with Crippen LogP contribution in [0.25, 0.3) is 5.69 Å². The molecule has 9 heteroatoms. The van der Waals surface area contributed by atoms with Gasteiger partial charge >= 0.3 is 5.97 Å². The number of nitrogens with zero attached hydrogens (tertiary/aromatic N) is 3. The van der Waals surface area contributed by atoms with Gasteiger partial charge in [0.25, 0.3) is 5.91 Å². The number of pyridine rings is 1. The first kappa shape index (κ1) is 19.4. The summed E-state index contributed by atoms with van der Waals surface area (Å²) in [7, 11) is 0. The highest BCUT2D eigenvalue weighted by Crippen LogP contribution is 2.49. The third-order valence-corrected chi connectivity index (χ3v) is 6.06. The molecule has 1 aliphatic carbocycles. The number of carbonyl (C=O) groups is 2. The molecule has 1 amide bonds. The third kappa shape index (κ3) is 3.17. The molecule has 0 atom stereocenters. The van der Waals surface area contributed by atoms with Crippen molar-refractivity contribution in [2.24, 2.45) is 0 Å². The Morgan fingerprint density at radius 2 is 1.94 bits per heavy atom. The number of amides is 1. The molecule has 3 aromatic rings. The molecular weight excluding hydrogens is 403 g/mol. The summed E-state index contributed by atoms with van der Waals surface area (Å²) in [6, 6.07) is 9.29. The number of anilines is 1. The number of benzene rings is 1. The Balaban J connectivity index is 1.30. The predicted molar refractivity (Wildman–Crippen MR) is 107 cm³/mol. The van der Waals surface area contributed by atoms with E-state index in [9.17, 15) is 19.1 Å². The maximum Gasteiger partial charge on any atom is 0.339 e. The van der Waals surface area contributed by atoms with E-state index in [0.29, 0.717) is 24.0 Å². The number of ether oxygens (including phenoxy) is 1. The lowest BCUT2D eigenvalue weighted by atomic mass is 9.73. The lowest BCUT2D eigenvalue weighted by molar-refractivity contribution is -0.144. The molecule has 1 aliphatic heterocycles. The fraction of sp³-hybridized carbons (Fsp3) is 0.273. The van der Waals surface area contributed by atoms with Crippen LogP contribution in [0.5, 0.6) is 0 Å². The van der Waals surface area contributed by atoms with Crippen LogP contribution in [0.2, 0.25) is 0 Å². The van der Waals surface area contributed by atoms with Crippen molar-refractivity contribution in [1.82, 2.24) is 14.8 Å². The SMILES string of the molecule is O=C1OC2(CCC(O)(C(=O)Nc3ccn(-c4ccccc4F)n3)CC2)c2cnccc21. The van der Waals surface area contributed by atoms with Crippen LogP contribution >= 0.6 is 0 Å². The maximum absolute atomic E-state index is 13.9. The first-order chi connectivity index (χ1) is 14.9. The number of hydrogen-bond donors (Lipinski definition) is 2. The topological polar surface area (TPSA) is 106 Å². The molecule has 0 unspecified atom stereocenters. The van der Waals surface area contributed by atoms with Gasteiger partial charge in [-0.25, -0.2) is 13.9 Å². The van der Waals surface area contributed by atoms with Crippen LogP contribution in [-0.2, 0) is 15.1 Å². The van der Waals surface area contributed by atoms with Crippen molar-refractivity contribution in [2.45, 2.75) is 36.9 Å². The molecule has 5 rings (SSSR count). The van der Waals surface area contributed by atoms with E-state index in [2.05, 4.69) is 15.4 Å². The minimum atomic E-state index is -1.63. The Labute approximate surface area is 176 Å². The molecule has 0 bridgehead atoms. The fourth-order valence-electron chi connectivity index (χ4n) is 4.28. The number of fused-ring (bicyclic) bond motifs is 2. The number of rotatable bonds is 3. The number of aliphatic hydroxyl groups is 1. The average Bonchev–Trinajstić information content (AvgIpc) is 3.34. The van der Waals surface area contributed by atoms with E-state index in [0.717, 1.165) is 0 Å². The first-order valence-corrected chi connectivity index (χ1v) is 9.93. The number of para-hydroxylation sites is 1. The number of aromatic nitrogens is 3. The van der Waals surface area contributed by atoms with Gasteiger partial charge in [-0.3, -0.25) is 9.78 Å². The summed E-state index contributed by atoms with van der Waals surface area (Å²) < 4.78 is 20.9. The quantitative estimate of drug-likeness (QED) is 0.629. The van der Waals surface area contributed by atoms with Gasteiger partial charge in [0, 0.05) is 30.2 Å². The number of carbonyl (C=O) groups excluding carboxylic acids is 2. The second-order valence-electron chi connectivity index (χ2n) is 7.89. The fourth-order valence-corrected chi connectivity index (χ4v) is 4.28. The van der Waals surface area contributed by atoms with Gasteiger partial charge in [-0.2, -0.15) is 0 Å². The number of hydrogen-bond acceptors (Lipinski definition) is 6. The Kier molecular flexibility index (Phi) is 4.37. The standard InChI is InChI=1S/C22H19FN4O4/c23-16-3-1-2-4-17(16)27-12-6-18(26-27)25-20(29)21(30)7-9-22(10-8-21)15-13-24-11-5-14(15)19(28)31-22/h1-6,11-13,30H,7-10H2,(H,25,26,29). The monoisotopic (exact) mass is 422 g/mol. The molecule has 2 aromatic heterocycles. The molecular formula is C22H19FN4O4. The predicted octanol–water partition coefficient (Wildman–Crippen LogP) is 2.72. The minimum Gasteiger partial charge on any atom is -0.450 e. The normalized spacial score (nSPS) is 24.6. The van der Waals surface area contributed by atoms with Crippen molar-refractivity contribution in [2.75, 3.05) is 5.32 Å². The van der Waals surface area contributed by atoms with E-state index in [-0.39, 0.29) is 24.3 Å². The van der Waals surface area contributed by atoms with E-state index in [1.54, 1.807) is 30.5 Å². The van der Waals surface area contributed by atoms with Crippen LogP contribution < -0.4 is 5.32 Å². The Morgan fingerprint density at radius 1 is 1.16 bits per heavy atom. The van der Waals surface area contributed by atoms with Crippen molar-refractivity contribution in [3.63, 3.8) is 0 Å². The summed E-state index contributed by atoms with van der Waals surface area (Å²) in [6.07, 6.45) is 5.47. The molecule has 1 spiro atoms. The zero-order chi connectivity index (χ0) is 21.6. The van der Waals surface area contributed by atoms with Gasteiger partial charge < -0.3 is 15.2 Å². The first-order valence-electron chi connectivity index (χ1n) is 9.93. The van der Waals surface area contributed by atoms with Gasteiger partial charge in [-0.05, 0) is 43.9 Å². The van der Waals surface area contributed by atoms with Crippen molar-refractivity contribution < 1.29 is 23.8 Å². The molecule has 0 saturated heterocycles. The third-order valence-electron chi connectivity index (χ3n) is 6.06. The Hall–Kier alpha value is -3.59. The highest BCUT2D eigenvalue weighted by molar-refractivity contribution is 5.97. The van der Waals surface area contributed by atoms with Crippen molar-refractivity contribution in [3.8, 4) is 5.69 Å². The van der Waals surface area contributed by atoms with Gasteiger partial charge in [-0.1, -0.05) is 12.1 Å². The number of nitrogens with one attached hydrogen (secondary N) is 1. The van der Waals surface area contributed by atoms with Crippen LogP contribution in [0, 0.1) is 5.82 Å². The molecule has 3 heterocycles. The summed E-state index contributed by atoms with van der Waals surface area (Å²) in [6.45, 7) is 0. The van der Waals surface area contributed by atoms with E-state index in [1.807, 2.05) is 0 Å². The summed E-state index contributed by atoms with van der Waals surface area (Å²) in [4.78, 5) is 29.1. The molecule has 8 nitrogen and oxygen atoms in total. The maximum atomic E-state index is 13.9. The summed E-state index contributed by atoms with van der Waals surface area (Å²) in [5, 5.41) is 17.7. The van der Waals surface area contributed by atoms with E-state index in [4.69, 9.17) is 4.74 Å². The zero-order valence-electron chi connectivity index (χ0n) is 16.4. The Morgan fingerprint density at radius 3 is 2.71 bits per heavy atom. The van der Waals surface area contributed by atoms with E-state index >= 15 is 0 Å². The lowest BCUT2D eigenvalue weighted by Gasteiger charge is -2.40. The summed E-state index contributed by atoms with van der Waals surface area (Å²) in [5.74, 6) is -1.26. The van der Waals surface area contributed by atoms with Crippen molar-refractivity contribution in [3.05, 3.63) is 71.9 Å². The van der Waals surface area contributed by atoms with Crippen LogP contribution in [0.1, 0.15) is 41.6 Å². The van der Waals surface area contributed by atoms with Crippen molar-refractivity contribution in [1.29, 1.82) is 0 Å². The summed E-state index contributed by atoms with van der Waals surface area (Å²) >= 11 is 0. The van der Waals surface area contributed by atoms with Crippen LogP contribution in [0.4, 0.5) is 10.2 Å².